The van der Waals surface area contributed by atoms with Crippen molar-refractivity contribution in [2.45, 2.75) is 0 Å². The van der Waals surface area contributed by atoms with Gasteiger partial charge in [-0.1, -0.05) is 0 Å². The SMILES string of the molecule is O=Cc1ccc(-c2ccc3nn(-c4ccc(F)cc4)nc3c2)o1. The van der Waals surface area contributed by atoms with E-state index < -0.39 is 0 Å². The molecule has 5 nitrogen and oxygen atoms in total. The standard InChI is InChI=1S/C17H10FN3O2/c18-12-2-4-13(5-3-12)21-19-15-7-1-11(9-16(15)20-21)17-8-6-14(10-22)23-17/h1-10H. The molecule has 4 rings (SSSR count). The molecular formula is C17H10FN3O2. The predicted octanol–water partition coefficient (Wildman–Crippen LogP) is 3.63. The molecule has 0 bridgehead atoms. The highest BCUT2D eigenvalue weighted by Gasteiger charge is 2.09. The fourth-order valence-corrected chi connectivity index (χ4v) is 2.33. The largest absolute Gasteiger partial charge is 0.453 e. The molecule has 2 aromatic heterocycles. The van der Waals surface area contributed by atoms with Gasteiger partial charge < -0.3 is 4.42 Å². The molecule has 6 heteroatoms. The van der Waals surface area contributed by atoms with Gasteiger partial charge in [0.15, 0.2) is 12.0 Å². The molecular weight excluding hydrogens is 297 g/mol. The van der Waals surface area contributed by atoms with Crippen molar-refractivity contribution in [1.29, 1.82) is 0 Å². The summed E-state index contributed by atoms with van der Waals surface area (Å²) in [6.07, 6.45) is 0.660. The number of halogens is 1. The van der Waals surface area contributed by atoms with Gasteiger partial charge in [-0.15, -0.1) is 10.2 Å². The molecule has 0 aliphatic carbocycles. The van der Waals surface area contributed by atoms with E-state index in [0.29, 0.717) is 28.8 Å². The van der Waals surface area contributed by atoms with Crippen LogP contribution in [-0.2, 0) is 0 Å². The molecule has 2 heterocycles. The maximum absolute atomic E-state index is 13.0. The number of nitrogens with zero attached hydrogens (tertiary/aromatic N) is 3. The number of hydrogen-bond acceptors (Lipinski definition) is 4. The van der Waals surface area contributed by atoms with E-state index in [1.54, 1.807) is 24.3 Å². The summed E-state index contributed by atoms with van der Waals surface area (Å²) in [6, 6.07) is 14.8. The van der Waals surface area contributed by atoms with Crippen LogP contribution in [-0.4, -0.2) is 21.3 Å². The minimum atomic E-state index is -0.309. The number of fused-ring (bicyclic) bond motifs is 1. The lowest BCUT2D eigenvalue weighted by atomic mass is 10.1. The minimum absolute atomic E-state index is 0.273. The van der Waals surface area contributed by atoms with Gasteiger partial charge in [0.2, 0.25) is 0 Å². The molecule has 4 aromatic rings. The Morgan fingerprint density at radius 2 is 1.74 bits per heavy atom. The van der Waals surface area contributed by atoms with Gasteiger partial charge in [0.25, 0.3) is 0 Å². The van der Waals surface area contributed by atoms with Crippen LogP contribution in [0.4, 0.5) is 4.39 Å². The van der Waals surface area contributed by atoms with Crippen molar-refractivity contribution < 1.29 is 13.6 Å². The number of furan rings is 1. The molecule has 2 aromatic carbocycles. The Balaban J connectivity index is 1.77. The summed E-state index contributed by atoms with van der Waals surface area (Å²) in [4.78, 5) is 12.2. The first-order chi connectivity index (χ1) is 11.2. The summed E-state index contributed by atoms with van der Waals surface area (Å²) in [6.45, 7) is 0. The van der Waals surface area contributed by atoms with E-state index in [4.69, 9.17) is 4.42 Å². The topological polar surface area (TPSA) is 60.9 Å². The van der Waals surface area contributed by atoms with Crippen molar-refractivity contribution in [2.24, 2.45) is 0 Å². The van der Waals surface area contributed by atoms with Crippen molar-refractivity contribution in [3.8, 4) is 17.0 Å². The Bertz CT molecular complexity index is 1000. The summed E-state index contributed by atoms with van der Waals surface area (Å²) in [5.41, 5.74) is 2.86. The molecule has 0 radical (unpaired) electrons. The number of benzene rings is 2. The molecule has 23 heavy (non-hydrogen) atoms. The lowest BCUT2D eigenvalue weighted by Gasteiger charge is -1.97. The monoisotopic (exact) mass is 307 g/mol. The van der Waals surface area contributed by atoms with Gasteiger partial charge >= 0.3 is 0 Å². The fraction of sp³-hybridized carbons (Fsp3) is 0. The van der Waals surface area contributed by atoms with Gasteiger partial charge in [-0.05, 0) is 54.6 Å². The number of aldehydes is 1. The molecule has 0 saturated heterocycles. The smallest absolute Gasteiger partial charge is 0.185 e. The second kappa shape index (κ2) is 5.17. The quantitative estimate of drug-likeness (QED) is 0.542. The summed E-state index contributed by atoms with van der Waals surface area (Å²) >= 11 is 0. The normalized spacial score (nSPS) is 11.0. The van der Waals surface area contributed by atoms with Crippen LogP contribution in [0.25, 0.3) is 28.0 Å². The Hall–Kier alpha value is -3.28. The van der Waals surface area contributed by atoms with Crippen LogP contribution < -0.4 is 0 Å². The number of hydrogen-bond donors (Lipinski definition) is 0. The highest BCUT2D eigenvalue weighted by molar-refractivity contribution is 5.81. The van der Waals surface area contributed by atoms with Crippen molar-refractivity contribution in [3.63, 3.8) is 0 Å². The van der Waals surface area contributed by atoms with Gasteiger partial charge in [-0.2, -0.15) is 4.80 Å². The third-order valence-electron chi connectivity index (χ3n) is 3.47. The molecule has 0 aliphatic heterocycles. The summed E-state index contributed by atoms with van der Waals surface area (Å²) in [7, 11) is 0. The van der Waals surface area contributed by atoms with E-state index >= 15 is 0 Å². The van der Waals surface area contributed by atoms with Crippen molar-refractivity contribution in [1.82, 2.24) is 15.0 Å². The first-order valence-electron chi connectivity index (χ1n) is 6.91. The maximum atomic E-state index is 13.0. The second-order valence-corrected chi connectivity index (χ2v) is 4.99. The fourth-order valence-electron chi connectivity index (χ4n) is 2.33. The average Bonchev–Trinajstić information content (AvgIpc) is 3.21. The molecule has 0 fully saturated rings. The van der Waals surface area contributed by atoms with Crippen LogP contribution in [0, 0.1) is 5.82 Å². The van der Waals surface area contributed by atoms with E-state index in [0.717, 1.165) is 5.56 Å². The van der Waals surface area contributed by atoms with Crippen LogP contribution >= 0.6 is 0 Å². The first-order valence-corrected chi connectivity index (χ1v) is 6.91. The maximum Gasteiger partial charge on any atom is 0.185 e. The Kier molecular flexibility index (Phi) is 3.01. The first kappa shape index (κ1) is 13.4. The lowest BCUT2D eigenvalue weighted by molar-refractivity contribution is 0.110. The molecule has 0 amide bonds. The molecule has 0 aliphatic rings. The van der Waals surface area contributed by atoms with Crippen molar-refractivity contribution >= 4 is 17.3 Å². The van der Waals surface area contributed by atoms with Gasteiger partial charge in [-0.25, -0.2) is 4.39 Å². The molecule has 112 valence electrons. The highest BCUT2D eigenvalue weighted by atomic mass is 19.1. The van der Waals surface area contributed by atoms with E-state index in [2.05, 4.69) is 10.2 Å². The Labute approximate surface area is 130 Å². The van der Waals surface area contributed by atoms with Crippen molar-refractivity contribution in [3.05, 3.63) is 66.2 Å². The van der Waals surface area contributed by atoms with Crippen molar-refractivity contribution in [2.75, 3.05) is 0 Å². The summed E-state index contributed by atoms with van der Waals surface area (Å²) in [5, 5.41) is 8.76. The van der Waals surface area contributed by atoms with Crippen LogP contribution in [0.1, 0.15) is 10.6 Å². The van der Waals surface area contributed by atoms with Crippen LogP contribution in [0.3, 0.4) is 0 Å². The minimum Gasteiger partial charge on any atom is -0.453 e. The highest BCUT2D eigenvalue weighted by Crippen LogP contribution is 2.25. The van der Waals surface area contributed by atoms with Crippen LogP contribution in [0.15, 0.2) is 59.0 Å². The third-order valence-corrected chi connectivity index (χ3v) is 3.47. The van der Waals surface area contributed by atoms with Gasteiger partial charge in [0.05, 0.1) is 5.69 Å². The number of aromatic nitrogens is 3. The van der Waals surface area contributed by atoms with Crippen LogP contribution in [0.2, 0.25) is 0 Å². The zero-order valence-electron chi connectivity index (χ0n) is 11.8. The van der Waals surface area contributed by atoms with Gasteiger partial charge in [0, 0.05) is 5.56 Å². The molecule has 0 saturated carbocycles. The molecule has 0 spiro atoms. The summed E-state index contributed by atoms with van der Waals surface area (Å²) < 4.78 is 18.4. The number of carbonyl (C=O) groups excluding carboxylic acids is 1. The zero-order valence-corrected chi connectivity index (χ0v) is 11.8. The number of rotatable bonds is 3. The van der Waals surface area contributed by atoms with Gasteiger partial charge in [-0.3, -0.25) is 4.79 Å². The Morgan fingerprint density at radius 3 is 2.48 bits per heavy atom. The lowest BCUT2D eigenvalue weighted by Crippen LogP contribution is -1.97. The molecule has 0 unspecified atom stereocenters. The molecule has 0 N–H and O–H groups in total. The van der Waals surface area contributed by atoms with Gasteiger partial charge in [0.1, 0.15) is 22.6 Å². The van der Waals surface area contributed by atoms with E-state index in [1.165, 1.54) is 16.9 Å². The average molecular weight is 307 g/mol. The Morgan fingerprint density at radius 1 is 0.957 bits per heavy atom. The molecule has 0 atom stereocenters. The van der Waals surface area contributed by atoms with Crippen LogP contribution in [0.5, 0.6) is 0 Å². The second-order valence-electron chi connectivity index (χ2n) is 4.99. The third kappa shape index (κ3) is 2.40. The van der Waals surface area contributed by atoms with E-state index in [9.17, 15) is 9.18 Å². The summed E-state index contributed by atoms with van der Waals surface area (Å²) in [5.74, 6) is 0.553. The number of carbonyl (C=O) groups is 1. The van der Waals surface area contributed by atoms with E-state index in [1.807, 2.05) is 18.2 Å². The van der Waals surface area contributed by atoms with E-state index in [-0.39, 0.29) is 11.6 Å². The predicted molar refractivity (Wildman–Crippen MR) is 81.9 cm³/mol. The zero-order chi connectivity index (χ0) is 15.8.